The van der Waals surface area contributed by atoms with Crippen LogP contribution in [0.25, 0.3) is 5.57 Å². The topological polar surface area (TPSA) is 44.7 Å². The molecular formula is C19H28F2N2O2S. The van der Waals surface area contributed by atoms with Gasteiger partial charge in [-0.3, -0.25) is 4.90 Å². The van der Waals surface area contributed by atoms with Gasteiger partial charge in [0.25, 0.3) is 6.43 Å². The van der Waals surface area contributed by atoms with Crippen LogP contribution in [0.2, 0.25) is 0 Å². The van der Waals surface area contributed by atoms with Crippen molar-refractivity contribution in [2.75, 3.05) is 32.1 Å². The van der Waals surface area contributed by atoms with Gasteiger partial charge in [-0.25, -0.2) is 8.78 Å². The van der Waals surface area contributed by atoms with Gasteiger partial charge in [0.2, 0.25) is 0 Å². The lowest BCUT2D eigenvalue weighted by molar-refractivity contribution is -0.0738. The van der Waals surface area contributed by atoms with Gasteiger partial charge in [-0.1, -0.05) is 6.08 Å². The average Bonchev–Trinajstić information content (AvgIpc) is 3.07. The molecule has 2 N–H and O–H groups in total. The number of methoxy groups -OCH3 is 1. The number of halogens is 2. The Morgan fingerprint density at radius 3 is 2.73 bits per heavy atom. The minimum absolute atomic E-state index is 0.142. The van der Waals surface area contributed by atoms with Crippen molar-refractivity contribution < 1.29 is 18.6 Å². The van der Waals surface area contributed by atoms with Gasteiger partial charge in [-0.15, -0.1) is 11.3 Å². The molecule has 2 heterocycles. The minimum atomic E-state index is -2.27. The van der Waals surface area contributed by atoms with Gasteiger partial charge in [0, 0.05) is 31.1 Å². The summed E-state index contributed by atoms with van der Waals surface area (Å²) in [6.45, 7) is 1.20. The van der Waals surface area contributed by atoms with Crippen LogP contribution in [-0.4, -0.2) is 49.2 Å². The van der Waals surface area contributed by atoms with Crippen molar-refractivity contribution in [3.05, 3.63) is 21.9 Å². The van der Waals surface area contributed by atoms with Crippen LogP contribution < -0.4 is 5.32 Å². The van der Waals surface area contributed by atoms with Gasteiger partial charge >= 0.3 is 0 Å². The van der Waals surface area contributed by atoms with Crippen LogP contribution in [0.15, 0.2) is 12.1 Å². The minimum Gasteiger partial charge on any atom is -0.381 e. The molecule has 146 valence electrons. The number of alkyl halides is 2. The maximum Gasteiger partial charge on any atom is 0.251 e. The number of ether oxygens (including phenoxy) is 1. The van der Waals surface area contributed by atoms with Crippen LogP contribution in [0.5, 0.6) is 0 Å². The summed E-state index contributed by atoms with van der Waals surface area (Å²) in [5, 5.41) is 13.8. The third kappa shape index (κ3) is 5.03. The fourth-order valence-electron chi connectivity index (χ4n) is 3.70. The first-order valence-electron chi connectivity index (χ1n) is 9.38. The molecule has 3 rings (SSSR count). The van der Waals surface area contributed by atoms with E-state index in [0.717, 1.165) is 36.2 Å². The molecule has 0 aromatic carbocycles. The predicted molar refractivity (Wildman–Crippen MR) is 102 cm³/mol. The highest BCUT2D eigenvalue weighted by Gasteiger charge is 2.24. The molecule has 1 saturated heterocycles. The average molecular weight is 387 g/mol. The number of rotatable bonds is 7. The summed E-state index contributed by atoms with van der Waals surface area (Å²) < 4.78 is 30.2. The van der Waals surface area contributed by atoms with Crippen molar-refractivity contribution in [2.45, 2.75) is 57.3 Å². The van der Waals surface area contributed by atoms with Gasteiger partial charge in [0.1, 0.15) is 0 Å². The highest BCUT2D eigenvalue weighted by molar-refractivity contribution is 7.13. The fourth-order valence-corrected chi connectivity index (χ4v) is 4.86. The molecule has 1 fully saturated rings. The standard InChI is InChI=1S/C19H28F2N2O2S/c1-25-19(24)18-15(11-16(26-18)13-5-3-2-4-6-13)22-14-7-9-23(10-8-14)12-17(20)21/h5,11,14,17,19,22,24H,2-4,6-10,12H2,1H3. The Morgan fingerprint density at radius 1 is 1.35 bits per heavy atom. The van der Waals surface area contributed by atoms with E-state index < -0.39 is 12.7 Å². The lowest BCUT2D eigenvalue weighted by Crippen LogP contribution is -2.41. The summed E-state index contributed by atoms with van der Waals surface area (Å²) >= 11 is 1.58. The number of hydrogen-bond donors (Lipinski definition) is 2. The second-order valence-corrected chi connectivity index (χ2v) is 8.15. The fraction of sp³-hybridized carbons (Fsp3) is 0.684. The number of likely N-dealkylation sites (tertiary alicyclic amines) is 1. The summed E-state index contributed by atoms with van der Waals surface area (Å²) in [5.74, 6) is 0. The maximum absolute atomic E-state index is 12.5. The van der Waals surface area contributed by atoms with Gasteiger partial charge < -0.3 is 15.2 Å². The summed E-state index contributed by atoms with van der Waals surface area (Å²) in [4.78, 5) is 3.80. The Labute approximate surface area is 157 Å². The Kier molecular flexibility index (Phi) is 7.03. The van der Waals surface area contributed by atoms with Crippen molar-refractivity contribution in [1.29, 1.82) is 0 Å². The zero-order valence-corrected chi connectivity index (χ0v) is 16.0. The zero-order chi connectivity index (χ0) is 18.5. The maximum atomic E-state index is 12.5. The van der Waals surface area contributed by atoms with Crippen LogP contribution in [-0.2, 0) is 4.74 Å². The number of aliphatic hydroxyl groups is 1. The van der Waals surface area contributed by atoms with Crippen LogP contribution in [0.4, 0.5) is 14.5 Å². The first-order chi connectivity index (χ1) is 12.6. The van der Waals surface area contributed by atoms with Crippen molar-refractivity contribution in [1.82, 2.24) is 4.90 Å². The zero-order valence-electron chi connectivity index (χ0n) is 15.2. The van der Waals surface area contributed by atoms with Crippen molar-refractivity contribution in [2.24, 2.45) is 0 Å². The second-order valence-electron chi connectivity index (χ2n) is 7.06. The molecule has 1 aliphatic heterocycles. The molecule has 0 radical (unpaired) electrons. The van der Waals surface area contributed by atoms with Crippen LogP contribution in [0.3, 0.4) is 0 Å². The molecule has 26 heavy (non-hydrogen) atoms. The predicted octanol–water partition coefficient (Wildman–Crippen LogP) is 4.48. The van der Waals surface area contributed by atoms with Gasteiger partial charge in [-0.2, -0.15) is 0 Å². The molecule has 4 nitrogen and oxygen atoms in total. The summed E-state index contributed by atoms with van der Waals surface area (Å²) in [6.07, 6.45) is 5.36. The van der Waals surface area contributed by atoms with Crippen LogP contribution in [0, 0.1) is 0 Å². The monoisotopic (exact) mass is 386 g/mol. The SMILES string of the molecule is COC(O)c1sc(C2=CCCCC2)cc1NC1CCN(CC(F)F)CC1. The molecule has 2 aliphatic rings. The molecule has 1 unspecified atom stereocenters. The first-order valence-corrected chi connectivity index (χ1v) is 10.2. The van der Waals surface area contributed by atoms with Crippen molar-refractivity contribution >= 4 is 22.6 Å². The number of nitrogens with one attached hydrogen (secondary N) is 1. The normalized spacial score (nSPS) is 21.0. The third-order valence-electron chi connectivity index (χ3n) is 5.16. The van der Waals surface area contributed by atoms with Crippen molar-refractivity contribution in [3.8, 4) is 0 Å². The molecule has 1 atom stereocenters. The number of anilines is 1. The number of nitrogens with zero attached hydrogens (tertiary/aromatic N) is 1. The number of allylic oxidation sites excluding steroid dienone is 2. The first kappa shape index (κ1) is 19.7. The Bertz CT molecular complexity index is 613. The Balaban J connectivity index is 1.68. The Morgan fingerprint density at radius 2 is 2.12 bits per heavy atom. The van der Waals surface area contributed by atoms with Crippen LogP contribution in [0.1, 0.15) is 54.6 Å². The quantitative estimate of drug-likeness (QED) is 0.678. The van der Waals surface area contributed by atoms with E-state index in [0.29, 0.717) is 13.1 Å². The number of aliphatic hydroxyl groups excluding tert-OH is 1. The summed E-state index contributed by atoms with van der Waals surface area (Å²) in [7, 11) is 1.50. The molecule has 1 aromatic heterocycles. The van der Waals surface area contributed by atoms with E-state index >= 15 is 0 Å². The second kappa shape index (κ2) is 9.26. The molecule has 7 heteroatoms. The third-order valence-corrected chi connectivity index (χ3v) is 6.40. The lowest BCUT2D eigenvalue weighted by atomic mass is 9.98. The summed E-state index contributed by atoms with van der Waals surface area (Å²) in [6, 6.07) is 2.35. The highest BCUT2D eigenvalue weighted by Crippen LogP contribution is 2.40. The van der Waals surface area contributed by atoms with Crippen molar-refractivity contribution in [3.63, 3.8) is 0 Å². The Hall–Kier alpha value is -1.02. The number of hydrogen-bond acceptors (Lipinski definition) is 5. The smallest absolute Gasteiger partial charge is 0.251 e. The largest absolute Gasteiger partial charge is 0.381 e. The molecular weight excluding hydrogens is 358 g/mol. The number of piperidine rings is 1. The number of thiophene rings is 1. The molecule has 1 aromatic rings. The van der Waals surface area contributed by atoms with Gasteiger partial charge in [0.05, 0.1) is 17.1 Å². The van der Waals surface area contributed by atoms with E-state index in [4.69, 9.17) is 4.74 Å². The van der Waals surface area contributed by atoms with E-state index in [-0.39, 0.29) is 12.6 Å². The van der Waals surface area contributed by atoms with E-state index in [2.05, 4.69) is 17.5 Å². The molecule has 0 bridgehead atoms. The molecule has 0 spiro atoms. The molecule has 1 aliphatic carbocycles. The van der Waals surface area contributed by atoms with Crippen LogP contribution >= 0.6 is 11.3 Å². The summed E-state index contributed by atoms with van der Waals surface area (Å²) in [5.41, 5.74) is 2.27. The van der Waals surface area contributed by atoms with E-state index in [1.165, 1.54) is 30.4 Å². The lowest BCUT2D eigenvalue weighted by Gasteiger charge is -2.32. The molecule has 0 amide bonds. The van der Waals surface area contributed by atoms with Gasteiger partial charge in [-0.05, 0) is 50.2 Å². The molecule has 0 saturated carbocycles. The van der Waals surface area contributed by atoms with Gasteiger partial charge in [0.15, 0.2) is 6.29 Å². The highest BCUT2D eigenvalue weighted by atomic mass is 32.1. The van der Waals surface area contributed by atoms with E-state index in [1.807, 2.05) is 4.90 Å². The van der Waals surface area contributed by atoms with E-state index in [9.17, 15) is 13.9 Å². The van der Waals surface area contributed by atoms with E-state index in [1.54, 1.807) is 11.3 Å².